The highest BCUT2D eigenvalue weighted by atomic mass is 19.1. The van der Waals surface area contributed by atoms with Gasteiger partial charge in [0.15, 0.2) is 0 Å². The Morgan fingerprint density at radius 2 is 1.76 bits per heavy atom. The molecule has 0 bridgehead atoms. The molecule has 0 fully saturated rings. The molecule has 0 spiro atoms. The fraction of sp³-hybridized carbons (Fsp3) is 0.136. The smallest absolute Gasteiger partial charge is 0.293 e. The van der Waals surface area contributed by atoms with Crippen molar-refractivity contribution in [3.63, 3.8) is 0 Å². The van der Waals surface area contributed by atoms with E-state index in [4.69, 9.17) is 0 Å². The lowest BCUT2D eigenvalue weighted by Crippen LogP contribution is -2.14. The van der Waals surface area contributed by atoms with E-state index in [1.807, 2.05) is 25.1 Å². The molecule has 0 saturated carbocycles. The van der Waals surface area contributed by atoms with Crippen molar-refractivity contribution in [1.82, 2.24) is 0 Å². The maximum Gasteiger partial charge on any atom is 0.293 e. The summed E-state index contributed by atoms with van der Waals surface area (Å²) in [7, 11) is 0. The Morgan fingerprint density at radius 3 is 2.45 bits per heavy atom. The van der Waals surface area contributed by atoms with Crippen molar-refractivity contribution in [2.45, 2.75) is 19.9 Å². The molecule has 1 amide bonds. The van der Waals surface area contributed by atoms with Crippen LogP contribution in [0, 0.1) is 15.9 Å². The Hall–Kier alpha value is -3.74. The van der Waals surface area contributed by atoms with Gasteiger partial charge in [-0.3, -0.25) is 14.9 Å². The standard InChI is InChI=1S/C22H20FN3O3/c1-2-16-5-3-4-6-19(16)25-22(27)17-9-12-20(21(13-17)26(28)29)24-14-15-7-10-18(23)11-8-15/h3-13,24H,2,14H2,1H3,(H,25,27). The van der Waals surface area contributed by atoms with Crippen LogP contribution in [0.15, 0.2) is 66.7 Å². The van der Waals surface area contributed by atoms with E-state index >= 15 is 0 Å². The quantitative estimate of drug-likeness (QED) is 0.429. The van der Waals surface area contributed by atoms with Crippen molar-refractivity contribution in [1.29, 1.82) is 0 Å². The number of para-hydroxylation sites is 1. The van der Waals surface area contributed by atoms with Crippen molar-refractivity contribution >= 4 is 23.0 Å². The van der Waals surface area contributed by atoms with E-state index < -0.39 is 10.8 Å². The van der Waals surface area contributed by atoms with Gasteiger partial charge >= 0.3 is 0 Å². The van der Waals surface area contributed by atoms with Crippen LogP contribution in [0.5, 0.6) is 0 Å². The predicted octanol–water partition coefficient (Wildman–Crippen LogP) is 5.16. The fourth-order valence-corrected chi connectivity index (χ4v) is 2.92. The number of nitrogens with zero attached hydrogens (tertiary/aromatic N) is 1. The van der Waals surface area contributed by atoms with E-state index in [0.717, 1.165) is 17.5 Å². The van der Waals surface area contributed by atoms with E-state index in [1.54, 1.807) is 18.2 Å². The lowest BCUT2D eigenvalue weighted by Gasteiger charge is -2.11. The summed E-state index contributed by atoms with van der Waals surface area (Å²) in [5.74, 6) is -0.765. The number of benzene rings is 3. The lowest BCUT2D eigenvalue weighted by atomic mass is 10.1. The zero-order chi connectivity index (χ0) is 20.8. The number of rotatable bonds is 7. The third kappa shape index (κ3) is 4.95. The average Bonchev–Trinajstić information content (AvgIpc) is 2.73. The first-order valence-corrected chi connectivity index (χ1v) is 9.14. The summed E-state index contributed by atoms with van der Waals surface area (Å²) in [6.45, 7) is 2.27. The number of hydrogen-bond donors (Lipinski definition) is 2. The molecule has 148 valence electrons. The van der Waals surface area contributed by atoms with Crippen LogP contribution in [0.2, 0.25) is 0 Å². The average molecular weight is 393 g/mol. The summed E-state index contributed by atoms with van der Waals surface area (Å²) in [4.78, 5) is 23.5. The van der Waals surface area contributed by atoms with E-state index in [-0.39, 0.29) is 29.3 Å². The number of hydrogen-bond acceptors (Lipinski definition) is 4. The van der Waals surface area contributed by atoms with Crippen LogP contribution in [0.25, 0.3) is 0 Å². The van der Waals surface area contributed by atoms with Crippen LogP contribution in [0.4, 0.5) is 21.5 Å². The van der Waals surface area contributed by atoms with Crippen LogP contribution in [-0.4, -0.2) is 10.8 Å². The molecule has 29 heavy (non-hydrogen) atoms. The number of carbonyl (C=O) groups is 1. The molecule has 0 saturated heterocycles. The number of nitro groups is 1. The maximum absolute atomic E-state index is 13.0. The third-order valence-electron chi connectivity index (χ3n) is 4.50. The number of carbonyl (C=O) groups excluding carboxylic acids is 1. The minimum Gasteiger partial charge on any atom is -0.375 e. The molecule has 0 atom stereocenters. The normalized spacial score (nSPS) is 10.4. The number of anilines is 2. The lowest BCUT2D eigenvalue weighted by molar-refractivity contribution is -0.384. The predicted molar refractivity (Wildman–Crippen MR) is 111 cm³/mol. The van der Waals surface area contributed by atoms with E-state index in [9.17, 15) is 19.3 Å². The molecular formula is C22H20FN3O3. The van der Waals surface area contributed by atoms with Crippen molar-refractivity contribution in [2.75, 3.05) is 10.6 Å². The second kappa shape index (κ2) is 8.97. The highest BCUT2D eigenvalue weighted by Crippen LogP contribution is 2.27. The molecule has 2 N–H and O–H groups in total. The number of amides is 1. The van der Waals surface area contributed by atoms with Crippen LogP contribution < -0.4 is 10.6 Å². The molecule has 0 aliphatic heterocycles. The summed E-state index contributed by atoms with van der Waals surface area (Å²) in [6, 6.07) is 17.6. The van der Waals surface area contributed by atoms with E-state index in [0.29, 0.717) is 5.69 Å². The summed E-state index contributed by atoms with van der Waals surface area (Å²) in [5, 5.41) is 17.3. The van der Waals surface area contributed by atoms with Crippen molar-refractivity contribution in [3.8, 4) is 0 Å². The molecule has 0 heterocycles. The topological polar surface area (TPSA) is 84.3 Å². The summed E-state index contributed by atoms with van der Waals surface area (Å²) < 4.78 is 13.0. The number of nitro benzene ring substituents is 1. The van der Waals surface area contributed by atoms with Gasteiger partial charge in [0.2, 0.25) is 0 Å². The Balaban J connectivity index is 1.78. The number of halogens is 1. The third-order valence-corrected chi connectivity index (χ3v) is 4.50. The molecular weight excluding hydrogens is 373 g/mol. The Kier molecular flexibility index (Phi) is 6.19. The first kappa shape index (κ1) is 20.0. The fourth-order valence-electron chi connectivity index (χ4n) is 2.92. The van der Waals surface area contributed by atoms with Crippen LogP contribution in [0.3, 0.4) is 0 Å². The molecule has 0 aromatic heterocycles. The van der Waals surface area contributed by atoms with Crippen LogP contribution in [0.1, 0.15) is 28.4 Å². The summed E-state index contributed by atoms with van der Waals surface area (Å²) >= 11 is 0. The van der Waals surface area contributed by atoms with Gasteiger partial charge in [-0.05, 0) is 47.9 Å². The highest BCUT2D eigenvalue weighted by Gasteiger charge is 2.18. The molecule has 6 nitrogen and oxygen atoms in total. The van der Waals surface area contributed by atoms with Crippen molar-refractivity contribution in [2.24, 2.45) is 0 Å². The molecule has 0 aliphatic rings. The van der Waals surface area contributed by atoms with E-state index in [2.05, 4.69) is 10.6 Å². The summed E-state index contributed by atoms with van der Waals surface area (Å²) in [6.07, 6.45) is 0.753. The molecule has 0 unspecified atom stereocenters. The zero-order valence-corrected chi connectivity index (χ0v) is 15.8. The Bertz CT molecular complexity index is 1040. The SMILES string of the molecule is CCc1ccccc1NC(=O)c1ccc(NCc2ccc(F)cc2)c([N+](=O)[O-])c1. The second-order valence-electron chi connectivity index (χ2n) is 6.43. The highest BCUT2D eigenvalue weighted by molar-refractivity contribution is 6.05. The Morgan fingerprint density at radius 1 is 1.03 bits per heavy atom. The second-order valence-corrected chi connectivity index (χ2v) is 6.43. The van der Waals surface area contributed by atoms with E-state index in [1.165, 1.54) is 30.3 Å². The largest absolute Gasteiger partial charge is 0.375 e. The van der Waals surface area contributed by atoms with Gasteiger partial charge in [-0.2, -0.15) is 0 Å². The zero-order valence-electron chi connectivity index (χ0n) is 15.8. The minimum absolute atomic E-state index is 0.190. The minimum atomic E-state index is -0.538. The van der Waals surface area contributed by atoms with Crippen molar-refractivity contribution in [3.05, 3.63) is 99.4 Å². The molecule has 3 rings (SSSR count). The van der Waals surface area contributed by atoms with Gasteiger partial charge in [-0.25, -0.2) is 4.39 Å². The maximum atomic E-state index is 13.0. The van der Waals surface area contributed by atoms with Gasteiger partial charge in [0.25, 0.3) is 11.6 Å². The molecule has 0 radical (unpaired) electrons. The molecule has 7 heteroatoms. The first-order chi connectivity index (χ1) is 14.0. The van der Waals surface area contributed by atoms with Gasteiger partial charge in [0.05, 0.1) is 4.92 Å². The van der Waals surface area contributed by atoms with Crippen molar-refractivity contribution < 1.29 is 14.1 Å². The van der Waals surface area contributed by atoms with Gasteiger partial charge in [0.1, 0.15) is 11.5 Å². The van der Waals surface area contributed by atoms with Gasteiger partial charge in [-0.15, -0.1) is 0 Å². The monoisotopic (exact) mass is 393 g/mol. The van der Waals surface area contributed by atoms with Gasteiger partial charge in [0, 0.05) is 23.9 Å². The number of nitrogens with one attached hydrogen (secondary N) is 2. The van der Waals surface area contributed by atoms with Crippen LogP contribution >= 0.6 is 0 Å². The van der Waals surface area contributed by atoms with Crippen LogP contribution in [-0.2, 0) is 13.0 Å². The molecule has 3 aromatic rings. The summed E-state index contributed by atoms with van der Waals surface area (Å²) in [5.41, 5.74) is 2.70. The van der Waals surface area contributed by atoms with Gasteiger partial charge < -0.3 is 10.6 Å². The molecule has 3 aromatic carbocycles. The van der Waals surface area contributed by atoms with Gasteiger partial charge in [-0.1, -0.05) is 37.3 Å². The number of aryl methyl sites for hydroxylation is 1. The first-order valence-electron chi connectivity index (χ1n) is 9.14. The molecule has 0 aliphatic carbocycles. The Labute approximate surface area is 167 Å².